The first-order valence-electron chi connectivity index (χ1n) is 39.1. The molecule has 19 heteroatoms. The van der Waals surface area contributed by atoms with Gasteiger partial charge in [0.05, 0.1) is 32.8 Å². The van der Waals surface area contributed by atoms with E-state index >= 15 is 0 Å². The van der Waals surface area contributed by atoms with E-state index in [4.69, 9.17) is 37.0 Å². The number of ether oxygens (including phenoxy) is 4. The minimum Gasteiger partial charge on any atom is -0.462 e. The molecule has 0 heterocycles. The van der Waals surface area contributed by atoms with Gasteiger partial charge in [-0.2, -0.15) is 0 Å². The number of esters is 4. The van der Waals surface area contributed by atoms with Gasteiger partial charge in [-0.05, 0) is 141 Å². The van der Waals surface area contributed by atoms with Crippen molar-refractivity contribution >= 4 is 39.5 Å². The Morgan fingerprint density at radius 3 is 0.912 bits per heavy atom. The van der Waals surface area contributed by atoms with Crippen LogP contribution in [0.3, 0.4) is 0 Å². The highest BCUT2D eigenvalue weighted by atomic mass is 31.2. The first-order valence-corrected chi connectivity index (χ1v) is 42.1. The number of phosphoric acid groups is 2. The van der Waals surface area contributed by atoms with Crippen LogP contribution in [0.5, 0.6) is 0 Å². The summed E-state index contributed by atoms with van der Waals surface area (Å²) in [6, 6.07) is 0. The summed E-state index contributed by atoms with van der Waals surface area (Å²) in [6.45, 7) is 4.43. The van der Waals surface area contributed by atoms with Gasteiger partial charge in [0.15, 0.2) is 12.2 Å². The lowest BCUT2D eigenvalue weighted by Gasteiger charge is -2.21. The van der Waals surface area contributed by atoms with Crippen molar-refractivity contribution in [3.05, 3.63) is 146 Å². The van der Waals surface area contributed by atoms with Crippen LogP contribution in [0.2, 0.25) is 0 Å². The summed E-state index contributed by atoms with van der Waals surface area (Å²) in [5.74, 6) is -2.41. The summed E-state index contributed by atoms with van der Waals surface area (Å²) >= 11 is 0. The van der Waals surface area contributed by atoms with E-state index in [1.807, 2.05) is 30.4 Å². The fourth-order valence-electron chi connectivity index (χ4n) is 9.91. The molecule has 0 bridgehead atoms. The van der Waals surface area contributed by atoms with Crippen molar-refractivity contribution < 1.29 is 80.2 Å². The van der Waals surface area contributed by atoms with Crippen molar-refractivity contribution in [2.75, 3.05) is 39.6 Å². The van der Waals surface area contributed by atoms with Crippen molar-refractivity contribution in [3.63, 3.8) is 0 Å². The topological polar surface area (TPSA) is 237 Å². The van der Waals surface area contributed by atoms with E-state index in [-0.39, 0.29) is 25.7 Å². The fourth-order valence-corrected chi connectivity index (χ4v) is 11.5. The maximum atomic E-state index is 13.1. The number of phosphoric ester groups is 2. The predicted molar refractivity (Wildman–Crippen MR) is 417 cm³/mol. The molecule has 0 saturated heterocycles. The molecule has 0 rings (SSSR count). The highest BCUT2D eigenvalue weighted by Crippen LogP contribution is 2.45. The molecule has 5 unspecified atom stereocenters. The molecule has 102 heavy (non-hydrogen) atoms. The van der Waals surface area contributed by atoms with Crippen LogP contribution >= 0.6 is 15.6 Å². The zero-order valence-corrected chi connectivity index (χ0v) is 65.3. The molecule has 0 radical (unpaired) electrons. The van der Waals surface area contributed by atoms with E-state index < -0.39 is 97.5 Å². The molecule has 0 aliphatic heterocycles. The number of aliphatic hydroxyl groups excluding tert-OH is 1. The van der Waals surface area contributed by atoms with Gasteiger partial charge in [0, 0.05) is 19.3 Å². The SMILES string of the molecule is CC/C=C\C/C=C\C/C=C\C/C=C\C/C=C\CCCC(=O)OCC(COP(=O)(O)OCC(O)COP(=O)(O)OCC(COC(=O)C/C=C\C/C=C\C/C=C\C/C=C\C/C=C\CC)OC(=O)CCCCCCC/C=C\CCCCCCCC)OC(=O)CCCCCCC/C=C\CCCCCCCC. The molecule has 0 fully saturated rings. The third-order valence-corrected chi connectivity index (χ3v) is 17.7. The fraction of sp³-hybridized carbons (Fsp3) is 0.663. The van der Waals surface area contributed by atoms with Crippen molar-refractivity contribution in [2.24, 2.45) is 0 Å². The van der Waals surface area contributed by atoms with Crippen molar-refractivity contribution in [3.8, 4) is 0 Å². The molecule has 5 atom stereocenters. The number of carbonyl (C=O) groups is 4. The van der Waals surface area contributed by atoms with Crippen LogP contribution in [0, 0.1) is 0 Å². The number of hydrogen-bond donors (Lipinski definition) is 3. The average molecular weight is 1470 g/mol. The lowest BCUT2D eigenvalue weighted by molar-refractivity contribution is -0.161. The Labute approximate surface area is 617 Å². The summed E-state index contributed by atoms with van der Waals surface area (Å²) in [5.41, 5.74) is 0. The van der Waals surface area contributed by atoms with Crippen LogP contribution in [0.4, 0.5) is 0 Å². The van der Waals surface area contributed by atoms with Crippen molar-refractivity contribution in [1.29, 1.82) is 0 Å². The number of carbonyl (C=O) groups excluding carboxylic acids is 4. The summed E-state index contributed by atoms with van der Waals surface area (Å²) < 4.78 is 68.3. The Morgan fingerprint density at radius 1 is 0.294 bits per heavy atom. The van der Waals surface area contributed by atoms with E-state index in [0.29, 0.717) is 32.1 Å². The third-order valence-electron chi connectivity index (χ3n) is 15.8. The van der Waals surface area contributed by atoms with Crippen LogP contribution in [0.1, 0.15) is 297 Å². The molecule has 0 aromatic rings. The van der Waals surface area contributed by atoms with Crippen LogP contribution in [0.25, 0.3) is 0 Å². The molecule has 582 valence electrons. The number of hydrogen-bond acceptors (Lipinski definition) is 15. The van der Waals surface area contributed by atoms with Crippen LogP contribution in [0.15, 0.2) is 146 Å². The second kappa shape index (κ2) is 74.2. The molecule has 0 saturated carbocycles. The van der Waals surface area contributed by atoms with Gasteiger partial charge >= 0.3 is 39.5 Å². The van der Waals surface area contributed by atoms with Crippen molar-refractivity contribution in [1.82, 2.24) is 0 Å². The summed E-state index contributed by atoms with van der Waals surface area (Å²) in [6.07, 6.45) is 84.4. The lowest BCUT2D eigenvalue weighted by atomic mass is 10.1. The molecule has 0 aliphatic rings. The Bertz CT molecular complexity index is 2510. The zero-order chi connectivity index (χ0) is 74.6. The maximum Gasteiger partial charge on any atom is 0.472 e. The first kappa shape index (κ1) is 96.9. The molecule has 0 aromatic heterocycles. The molecule has 0 aromatic carbocycles. The monoisotopic (exact) mass is 1470 g/mol. The number of rotatable bonds is 72. The molecule has 0 aliphatic carbocycles. The number of allylic oxidation sites excluding steroid dienone is 23. The maximum absolute atomic E-state index is 13.1. The van der Waals surface area contributed by atoms with Crippen LogP contribution in [-0.2, 0) is 65.4 Å². The lowest BCUT2D eigenvalue weighted by Crippen LogP contribution is -2.30. The Kier molecular flexibility index (Phi) is 70.5. The molecule has 3 N–H and O–H groups in total. The number of aliphatic hydroxyl groups is 1. The van der Waals surface area contributed by atoms with E-state index in [1.54, 1.807) is 6.08 Å². The predicted octanol–water partition coefficient (Wildman–Crippen LogP) is 22.7. The van der Waals surface area contributed by atoms with Crippen molar-refractivity contribution in [2.45, 2.75) is 316 Å². The minimum absolute atomic E-state index is 0.0609. The Hall–Kier alpha value is -5.06. The van der Waals surface area contributed by atoms with E-state index in [2.05, 4.69) is 137 Å². The van der Waals surface area contributed by atoms with Gasteiger partial charge < -0.3 is 33.8 Å². The smallest absolute Gasteiger partial charge is 0.462 e. The zero-order valence-electron chi connectivity index (χ0n) is 63.5. The van der Waals surface area contributed by atoms with Gasteiger partial charge in [-0.1, -0.05) is 276 Å². The Morgan fingerprint density at radius 2 is 0.559 bits per heavy atom. The summed E-state index contributed by atoms with van der Waals surface area (Å²) in [5, 5.41) is 10.6. The third kappa shape index (κ3) is 73.3. The minimum atomic E-state index is -5.00. The van der Waals surface area contributed by atoms with Gasteiger partial charge in [0.2, 0.25) is 0 Å². The van der Waals surface area contributed by atoms with Crippen LogP contribution < -0.4 is 0 Å². The summed E-state index contributed by atoms with van der Waals surface area (Å²) in [7, 11) is -10.0. The largest absolute Gasteiger partial charge is 0.472 e. The molecule has 0 spiro atoms. The Balaban J connectivity index is 5.49. The van der Waals surface area contributed by atoms with Gasteiger partial charge in [-0.25, -0.2) is 9.13 Å². The van der Waals surface area contributed by atoms with Gasteiger partial charge in [0.25, 0.3) is 0 Å². The van der Waals surface area contributed by atoms with Gasteiger partial charge in [-0.3, -0.25) is 37.3 Å². The highest BCUT2D eigenvalue weighted by molar-refractivity contribution is 7.47. The highest BCUT2D eigenvalue weighted by Gasteiger charge is 2.30. The van der Waals surface area contributed by atoms with Gasteiger partial charge in [0.1, 0.15) is 19.3 Å². The molecular formula is C83H138O17P2. The second-order valence-corrected chi connectivity index (χ2v) is 28.5. The molecule has 0 amide bonds. The van der Waals surface area contributed by atoms with E-state index in [1.165, 1.54) is 77.0 Å². The standard InChI is InChI=1S/C83H138O17P2/c1-5-9-13-17-21-25-29-33-37-38-42-44-48-52-56-60-64-68-81(86)94-74-79(100-83(88)70-66-62-58-54-50-46-41-36-32-28-24-20-16-12-8-4)76-98-102(91,92)96-72-77(84)71-95-101(89,90)97-75-78(99-82(87)69-65-61-57-53-49-45-40-35-31-27-23-19-15-11-7-3)73-93-80(85)67-63-59-55-51-47-43-39-34-30-26-22-18-14-10-6-2/h9-10,13-14,21-22,25-26,33-37,39-42,44,47,51-52,56,59,63,77-79,84H,5-8,11-12,15-20,23-24,27-32,38,43,45-46,48-50,53-55,57-58,60-62,64-76H2,1-4H3,(H,89,90)(H,91,92)/b13-9-,14-10-,25-21-,26-22-,37-33-,39-34-,40-35-,41-36-,44-42-,51-47-,56-52-,63-59-. The van der Waals surface area contributed by atoms with Crippen LogP contribution in [-0.4, -0.2) is 96.7 Å². The second-order valence-electron chi connectivity index (χ2n) is 25.5. The van der Waals surface area contributed by atoms with Gasteiger partial charge in [-0.15, -0.1) is 0 Å². The number of unbranched alkanes of at least 4 members (excludes halogenated alkanes) is 23. The van der Waals surface area contributed by atoms with E-state index in [9.17, 15) is 43.2 Å². The first-order chi connectivity index (χ1) is 49.7. The molecular weight excluding hydrogens is 1330 g/mol. The quantitative estimate of drug-likeness (QED) is 0.0169. The normalized spacial score (nSPS) is 14.7. The molecule has 17 nitrogen and oxygen atoms in total. The summed E-state index contributed by atoms with van der Waals surface area (Å²) in [4.78, 5) is 72.9. The average Bonchev–Trinajstić information content (AvgIpc) is 0.923. The van der Waals surface area contributed by atoms with E-state index in [0.717, 1.165) is 135 Å².